The Morgan fingerprint density at radius 2 is 2.35 bits per heavy atom. The number of nitrogens with one attached hydrogen (secondary N) is 1. The monoisotopic (exact) mass is 229 g/mol. The molecule has 1 aliphatic heterocycles. The highest BCUT2D eigenvalue weighted by atomic mass is 16.4. The number of nitrogens with zero attached hydrogens (tertiary/aromatic N) is 2. The van der Waals surface area contributed by atoms with Gasteiger partial charge in [-0.25, -0.2) is 9.78 Å². The fourth-order valence-corrected chi connectivity index (χ4v) is 2.11. The van der Waals surface area contributed by atoms with E-state index in [9.17, 15) is 4.79 Å². The van der Waals surface area contributed by atoms with E-state index < -0.39 is 5.97 Å². The fourth-order valence-electron chi connectivity index (χ4n) is 2.11. The number of anilines is 1. The Morgan fingerprint density at radius 1 is 1.53 bits per heavy atom. The molecule has 0 amide bonds. The highest BCUT2D eigenvalue weighted by Gasteiger charge is 2.22. The number of aromatic carboxylic acids is 1. The van der Waals surface area contributed by atoms with Gasteiger partial charge in [0.15, 0.2) is 5.69 Å². The van der Waals surface area contributed by atoms with Gasteiger partial charge in [-0.2, -0.15) is 0 Å². The van der Waals surface area contributed by atoms with E-state index in [0.717, 1.165) is 11.4 Å². The fraction of sp³-hybridized carbons (Fsp3) is 0.167. The average Bonchev–Trinajstić information content (AvgIpc) is 2.72. The molecule has 5 nitrogen and oxygen atoms in total. The molecule has 0 saturated carbocycles. The number of imidazole rings is 1. The zero-order valence-corrected chi connectivity index (χ0v) is 9.27. The lowest BCUT2D eigenvalue weighted by molar-refractivity contribution is 0.0690. The molecule has 2 heterocycles. The zero-order chi connectivity index (χ0) is 12.0. The van der Waals surface area contributed by atoms with Gasteiger partial charge in [0.25, 0.3) is 0 Å². The number of hydrogen-bond donors (Lipinski definition) is 2. The number of aryl methyl sites for hydroxylation is 1. The maximum absolute atomic E-state index is 11.0. The number of carbonyl (C=O) groups is 1. The summed E-state index contributed by atoms with van der Waals surface area (Å²) < 4.78 is 1.83. The Hall–Kier alpha value is -2.30. The minimum Gasteiger partial charge on any atom is -0.476 e. The first-order valence-electron chi connectivity index (χ1n) is 5.31. The van der Waals surface area contributed by atoms with Crippen molar-refractivity contribution in [3.63, 3.8) is 0 Å². The van der Waals surface area contributed by atoms with E-state index in [2.05, 4.69) is 10.3 Å². The van der Waals surface area contributed by atoms with Crippen molar-refractivity contribution < 1.29 is 9.90 Å². The van der Waals surface area contributed by atoms with E-state index in [1.54, 1.807) is 6.33 Å². The van der Waals surface area contributed by atoms with Gasteiger partial charge in [0.1, 0.15) is 6.33 Å². The van der Waals surface area contributed by atoms with Crippen molar-refractivity contribution in [2.24, 2.45) is 0 Å². The quantitative estimate of drug-likeness (QED) is 0.782. The highest BCUT2D eigenvalue weighted by molar-refractivity contribution is 5.87. The Kier molecular flexibility index (Phi) is 1.95. The number of carboxylic acid groups (broad SMARTS) is 1. The number of aromatic nitrogens is 2. The van der Waals surface area contributed by atoms with Crippen LogP contribution >= 0.6 is 0 Å². The van der Waals surface area contributed by atoms with Crippen LogP contribution < -0.4 is 5.32 Å². The van der Waals surface area contributed by atoms with Gasteiger partial charge in [-0.05, 0) is 24.6 Å². The third kappa shape index (κ3) is 1.39. The second-order valence-electron chi connectivity index (χ2n) is 4.09. The molecule has 1 aromatic carbocycles. The predicted octanol–water partition coefficient (Wildman–Crippen LogP) is 1.80. The van der Waals surface area contributed by atoms with Gasteiger partial charge in [0.05, 0.1) is 23.6 Å². The van der Waals surface area contributed by atoms with Crippen molar-refractivity contribution in [2.45, 2.75) is 13.5 Å². The molecule has 0 radical (unpaired) electrons. The van der Waals surface area contributed by atoms with Crippen LogP contribution in [0.5, 0.6) is 0 Å². The molecule has 3 rings (SSSR count). The van der Waals surface area contributed by atoms with Crippen LogP contribution in [0.3, 0.4) is 0 Å². The topological polar surface area (TPSA) is 67.2 Å². The van der Waals surface area contributed by atoms with Gasteiger partial charge in [-0.3, -0.25) is 4.57 Å². The molecule has 1 aromatic heterocycles. The smallest absolute Gasteiger partial charge is 0.356 e. The third-order valence-corrected chi connectivity index (χ3v) is 2.93. The van der Waals surface area contributed by atoms with Crippen LogP contribution in [0.15, 0.2) is 24.5 Å². The molecule has 0 unspecified atom stereocenters. The van der Waals surface area contributed by atoms with E-state index in [-0.39, 0.29) is 5.69 Å². The average molecular weight is 229 g/mol. The highest BCUT2D eigenvalue weighted by Crippen LogP contribution is 2.29. The van der Waals surface area contributed by atoms with Crippen molar-refractivity contribution in [3.05, 3.63) is 41.5 Å². The van der Waals surface area contributed by atoms with Crippen LogP contribution in [0.2, 0.25) is 0 Å². The Balaban J connectivity index is 2.21. The van der Waals surface area contributed by atoms with Crippen LogP contribution in [0.25, 0.3) is 5.69 Å². The summed E-state index contributed by atoms with van der Waals surface area (Å²) in [6.07, 6.45) is 1.56. The first-order valence-corrected chi connectivity index (χ1v) is 5.31. The molecule has 0 aliphatic carbocycles. The molecule has 86 valence electrons. The molecule has 2 N–H and O–H groups in total. The van der Waals surface area contributed by atoms with Crippen LogP contribution in [-0.2, 0) is 6.54 Å². The van der Waals surface area contributed by atoms with Crippen LogP contribution in [0.4, 0.5) is 5.69 Å². The lowest BCUT2D eigenvalue weighted by Gasteiger charge is -2.21. The first kappa shape index (κ1) is 9.89. The van der Waals surface area contributed by atoms with Gasteiger partial charge in [0, 0.05) is 0 Å². The number of hydrogen-bond acceptors (Lipinski definition) is 3. The van der Waals surface area contributed by atoms with E-state index in [4.69, 9.17) is 5.11 Å². The standard InChI is InChI=1S/C12H11N3O2/c1-7-2-3-9-8(4-7)13-5-10-11(12(16)17)14-6-15(9)10/h2-4,6,13H,5H2,1H3,(H,16,17). The lowest BCUT2D eigenvalue weighted by atomic mass is 10.1. The Labute approximate surface area is 97.7 Å². The van der Waals surface area contributed by atoms with Crippen LogP contribution in [0.1, 0.15) is 21.7 Å². The summed E-state index contributed by atoms with van der Waals surface area (Å²) in [5.74, 6) is -0.990. The first-order chi connectivity index (χ1) is 8.16. The van der Waals surface area contributed by atoms with Gasteiger partial charge >= 0.3 is 5.97 Å². The third-order valence-electron chi connectivity index (χ3n) is 2.93. The molecule has 0 spiro atoms. The normalized spacial score (nSPS) is 12.5. The summed E-state index contributed by atoms with van der Waals surface area (Å²) in [5.41, 5.74) is 3.92. The van der Waals surface area contributed by atoms with Gasteiger partial charge in [0.2, 0.25) is 0 Å². The minimum absolute atomic E-state index is 0.115. The molecule has 17 heavy (non-hydrogen) atoms. The Morgan fingerprint density at radius 3 is 3.12 bits per heavy atom. The molecule has 0 fully saturated rings. The number of rotatable bonds is 1. The summed E-state index contributed by atoms with van der Waals surface area (Å²) in [6.45, 7) is 2.51. The SMILES string of the molecule is Cc1ccc2c(c1)NCc1c(C(=O)O)ncn1-2. The van der Waals surface area contributed by atoms with Crippen molar-refractivity contribution in [1.29, 1.82) is 0 Å². The maximum atomic E-state index is 11.0. The largest absolute Gasteiger partial charge is 0.476 e. The molecule has 0 saturated heterocycles. The summed E-state index contributed by atoms with van der Waals surface area (Å²) in [5, 5.41) is 12.2. The molecule has 0 atom stereocenters. The summed E-state index contributed by atoms with van der Waals surface area (Å²) in [6, 6.07) is 6.00. The summed E-state index contributed by atoms with van der Waals surface area (Å²) in [7, 11) is 0. The van der Waals surface area contributed by atoms with Gasteiger partial charge in [-0.1, -0.05) is 6.07 Å². The maximum Gasteiger partial charge on any atom is 0.356 e. The molecular weight excluding hydrogens is 218 g/mol. The van der Waals surface area contributed by atoms with Crippen molar-refractivity contribution >= 4 is 11.7 Å². The molecular formula is C12H11N3O2. The zero-order valence-electron chi connectivity index (χ0n) is 9.27. The van der Waals surface area contributed by atoms with E-state index in [0.29, 0.717) is 12.2 Å². The van der Waals surface area contributed by atoms with Crippen LogP contribution in [-0.4, -0.2) is 20.6 Å². The predicted molar refractivity (Wildman–Crippen MR) is 62.6 cm³/mol. The molecule has 0 bridgehead atoms. The van der Waals surface area contributed by atoms with E-state index in [1.807, 2.05) is 29.7 Å². The molecule has 5 heteroatoms. The molecule has 1 aliphatic rings. The second kappa shape index (κ2) is 3.35. The minimum atomic E-state index is -0.990. The van der Waals surface area contributed by atoms with E-state index >= 15 is 0 Å². The summed E-state index contributed by atoms with van der Waals surface area (Å²) in [4.78, 5) is 14.9. The summed E-state index contributed by atoms with van der Waals surface area (Å²) >= 11 is 0. The van der Waals surface area contributed by atoms with Crippen molar-refractivity contribution in [3.8, 4) is 5.69 Å². The van der Waals surface area contributed by atoms with E-state index in [1.165, 1.54) is 5.56 Å². The second-order valence-corrected chi connectivity index (χ2v) is 4.09. The Bertz CT molecular complexity index is 616. The molecule has 2 aromatic rings. The van der Waals surface area contributed by atoms with Crippen LogP contribution in [0, 0.1) is 6.92 Å². The number of fused-ring (bicyclic) bond motifs is 3. The van der Waals surface area contributed by atoms with Crippen molar-refractivity contribution in [1.82, 2.24) is 9.55 Å². The van der Waals surface area contributed by atoms with Gasteiger partial charge < -0.3 is 10.4 Å². The lowest BCUT2D eigenvalue weighted by Crippen LogP contribution is -2.17. The number of carboxylic acids is 1. The van der Waals surface area contributed by atoms with Crippen molar-refractivity contribution in [2.75, 3.05) is 5.32 Å². The number of benzene rings is 1. The van der Waals surface area contributed by atoms with Gasteiger partial charge in [-0.15, -0.1) is 0 Å².